The maximum atomic E-state index is 13.6. The highest BCUT2D eigenvalue weighted by molar-refractivity contribution is 6.02. The number of hydrogen-bond acceptors (Lipinski definition) is 6. The largest absolute Gasteiger partial charge is 0.493 e. The molecule has 2 amide bonds. The van der Waals surface area contributed by atoms with Gasteiger partial charge >= 0.3 is 0 Å². The Kier molecular flexibility index (Phi) is 6.02. The number of amides is 2. The van der Waals surface area contributed by atoms with Gasteiger partial charge in [0.15, 0.2) is 11.5 Å². The van der Waals surface area contributed by atoms with E-state index in [1.165, 1.54) is 14.2 Å². The first kappa shape index (κ1) is 21.3. The summed E-state index contributed by atoms with van der Waals surface area (Å²) in [7, 11) is 4.73. The van der Waals surface area contributed by atoms with E-state index in [9.17, 15) is 9.59 Å². The van der Waals surface area contributed by atoms with Crippen molar-refractivity contribution in [2.45, 2.75) is 18.5 Å². The summed E-state index contributed by atoms with van der Waals surface area (Å²) in [5.74, 6) is -0.198. The minimum Gasteiger partial charge on any atom is -0.493 e. The Balaban J connectivity index is 1.80. The maximum absolute atomic E-state index is 13.6. The lowest BCUT2D eigenvalue weighted by Gasteiger charge is -2.39. The molecule has 2 aromatic heterocycles. The smallest absolute Gasteiger partial charge is 0.254 e. The zero-order chi connectivity index (χ0) is 22.7. The fraction of sp³-hybridized carbons (Fsp3) is 0.250. The maximum Gasteiger partial charge on any atom is 0.254 e. The lowest BCUT2D eigenvalue weighted by Crippen LogP contribution is -2.45. The molecule has 1 aliphatic heterocycles. The Labute approximate surface area is 186 Å². The normalized spacial score (nSPS) is 17.5. The highest BCUT2D eigenvalue weighted by atomic mass is 16.5. The van der Waals surface area contributed by atoms with Crippen molar-refractivity contribution >= 4 is 11.8 Å². The van der Waals surface area contributed by atoms with Gasteiger partial charge in [0.05, 0.1) is 26.2 Å². The molecular weight excluding hydrogens is 408 g/mol. The van der Waals surface area contributed by atoms with Crippen LogP contribution in [0.3, 0.4) is 0 Å². The number of carbonyl (C=O) groups excluding carboxylic acids is 2. The fourth-order valence-corrected chi connectivity index (χ4v) is 4.10. The molecule has 8 heteroatoms. The molecule has 3 heterocycles. The third-order valence-corrected chi connectivity index (χ3v) is 5.67. The van der Waals surface area contributed by atoms with E-state index in [1.54, 1.807) is 54.9 Å². The predicted octanol–water partition coefficient (Wildman–Crippen LogP) is 2.72. The van der Waals surface area contributed by atoms with Gasteiger partial charge in [0.25, 0.3) is 5.91 Å². The quantitative estimate of drug-likeness (QED) is 0.644. The van der Waals surface area contributed by atoms with Gasteiger partial charge in [0, 0.05) is 43.9 Å². The number of fused-ring (bicyclic) bond motifs is 1. The summed E-state index contributed by atoms with van der Waals surface area (Å²) in [6.07, 6.45) is 6.73. The van der Waals surface area contributed by atoms with Crippen LogP contribution in [0, 0.1) is 0 Å². The molecule has 8 nitrogen and oxygen atoms in total. The predicted molar refractivity (Wildman–Crippen MR) is 117 cm³/mol. The number of nitrogens with one attached hydrogen (secondary N) is 1. The van der Waals surface area contributed by atoms with Crippen LogP contribution >= 0.6 is 0 Å². The fourth-order valence-electron chi connectivity index (χ4n) is 4.10. The number of likely N-dealkylation sites (N-methyl/N-ethyl adjacent to an activating group) is 1. The first-order valence-corrected chi connectivity index (χ1v) is 10.1. The molecule has 0 radical (unpaired) electrons. The molecule has 164 valence electrons. The van der Waals surface area contributed by atoms with Crippen molar-refractivity contribution < 1.29 is 19.1 Å². The summed E-state index contributed by atoms with van der Waals surface area (Å²) in [5.41, 5.74) is 2.65. The van der Waals surface area contributed by atoms with Crippen molar-refractivity contribution in [3.63, 3.8) is 0 Å². The molecule has 4 rings (SSSR count). The zero-order valence-electron chi connectivity index (χ0n) is 18.1. The zero-order valence-corrected chi connectivity index (χ0v) is 18.1. The van der Waals surface area contributed by atoms with E-state index >= 15 is 0 Å². The van der Waals surface area contributed by atoms with Crippen LogP contribution in [-0.4, -0.2) is 47.9 Å². The number of aromatic nitrogens is 2. The summed E-state index contributed by atoms with van der Waals surface area (Å²) in [6, 6.07) is 10.2. The van der Waals surface area contributed by atoms with Gasteiger partial charge in [-0.25, -0.2) is 0 Å². The average molecular weight is 432 g/mol. The molecule has 0 fully saturated rings. The molecule has 2 atom stereocenters. The first-order chi connectivity index (χ1) is 15.5. The minimum absolute atomic E-state index is 0.203. The Morgan fingerprint density at radius 3 is 2.38 bits per heavy atom. The first-order valence-electron chi connectivity index (χ1n) is 10.1. The van der Waals surface area contributed by atoms with E-state index in [0.29, 0.717) is 29.2 Å². The van der Waals surface area contributed by atoms with E-state index in [4.69, 9.17) is 9.47 Å². The van der Waals surface area contributed by atoms with Gasteiger partial charge < -0.3 is 19.7 Å². The highest BCUT2D eigenvalue weighted by Gasteiger charge is 2.43. The second kappa shape index (κ2) is 9.05. The molecule has 32 heavy (non-hydrogen) atoms. The number of methoxy groups -OCH3 is 2. The van der Waals surface area contributed by atoms with Gasteiger partial charge in [0.1, 0.15) is 0 Å². The van der Waals surface area contributed by atoms with Gasteiger partial charge in [-0.15, -0.1) is 0 Å². The Bertz CT molecular complexity index is 1120. The molecule has 1 aliphatic rings. The van der Waals surface area contributed by atoms with Gasteiger partial charge in [-0.3, -0.25) is 19.6 Å². The molecule has 0 spiro atoms. The Hall–Kier alpha value is -3.94. The second-order valence-corrected chi connectivity index (χ2v) is 7.50. The monoisotopic (exact) mass is 432 g/mol. The van der Waals surface area contributed by atoms with Crippen LogP contribution in [0.4, 0.5) is 0 Å². The van der Waals surface area contributed by atoms with Crippen LogP contribution in [0.25, 0.3) is 0 Å². The molecule has 1 aromatic carbocycles. The second-order valence-electron chi connectivity index (χ2n) is 7.50. The van der Waals surface area contributed by atoms with E-state index in [2.05, 4.69) is 15.3 Å². The Morgan fingerprint density at radius 2 is 1.75 bits per heavy atom. The molecule has 1 N–H and O–H groups in total. The number of pyridine rings is 2. The summed E-state index contributed by atoms with van der Waals surface area (Å²) < 4.78 is 10.8. The average Bonchev–Trinajstić information content (AvgIpc) is 2.84. The molecule has 3 aromatic rings. The lowest BCUT2D eigenvalue weighted by atomic mass is 9.79. The molecular formula is C24H24N4O4. The van der Waals surface area contributed by atoms with Crippen LogP contribution in [0.1, 0.15) is 39.0 Å². The Morgan fingerprint density at radius 1 is 1.06 bits per heavy atom. The third-order valence-electron chi connectivity index (χ3n) is 5.67. The van der Waals surface area contributed by atoms with E-state index in [-0.39, 0.29) is 11.8 Å². The molecule has 0 bridgehead atoms. The van der Waals surface area contributed by atoms with Crippen molar-refractivity contribution in [1.29, 1.82) is 0 Å². The number of carbonyl (C=O) groups is 2. The lowest BCUT2D eigenvalue weighted by molar-refractivity contribution is -0.124. The minimum atomic E-state index is -0.673. The van der Waals surface area contributed by atoms with Crippen LogP contribution in [0.2, 0.25) is 0 Å². The van der Waals surface area contributed by atoms with Crippen molar-refractivity contribution in [3.05, 3.63) is 83.4 Å². The number of nitrogens with zero attached hydrogens (tertiary/aromatic N) is 3. The van der Waals surface area contributed by atoms with Crippen LogP contribution < -0.4 is 14.8 Å². The van der Waals surface area contributed by atoms with Crippen LogP contribution in [0.15, 0.2) is 61.2 Å². The van der Waals surface area contributed by atoms with Crippen molar-refractivity contribution in [2.75, 3.05) is 21.3 Å². The van der Waals surface area contributed by atoms with E-state index in [0.717, 1.165) is 11.1 Å². The molecule has 0 unspecified atom stereocenters. The molecule has 0 aliphatic carbocycles. The summed E-state index contributed by atoms with van der Waals surface area (Å²) >= 11 is 0. The van der Waals surface area contributed by atoms with Crippen molar-refractivity contribution in [2.24, 2.45) is 0 Å². The van der Waals surface area contributed by atoms with Gasteiger partial charge in [-0.2, -0.15) is 0 Å². The third kappa shape index (κ3) is 3.87. The number of hydrogen-bond donors (Lipinski definition) is 1. The van der Waals surface area contributed by atoms with Crippen LogP contribution in [-0.2, 0) is 11.3 Å². The topological polar surface area (TPSA) is 93.7 Å². The summed E-state index contributed by atoms with van der Waals surface area (Å²) in [4.78, 5) is 36.7. The summed E-state index contributed by atoms with van der Waals surface area (Å²) in [5, 5.41) is 3.00. The van der Waals surface area contributed by atoms with Gasteiger partial charge in [-0.1, -0.05) is 12.1 Å². The van der Waals surface area contributed by atoms with E-state index in [1.807, 2.05) is 18.2 Å². The number of rotatable bonds is 6. The number of ether oxygens (including phenoxy) is 2. The summed E-state index contributed by atoms with van der Waals surface area (Å²) in [6.45, 7) is 0.323. The van der Waals surface area contributed by atoms with Crippen LogP contribution in [0.5, 0.6) is 11.5 Å². The van der Waals surface area contributed by atoms with Gasteiger partial charge in [-0.05, 0) is 41.0 Å². The van der Waals surface area contributed by atoms with Crippen molar-refractivity contribution in [3.8, 4) is 11.5 Å². The van der Waals surface area contributed by atoms with Gasteiger partial charge in [0.2, 0.25) is 5.91 Å². The highest BCUT2D eigenvalue weighted by Crippen LogP contribution is 2.45. The SMILES string of the molecule is COc1cc2c(cc1OC)[C@@H](C(=O)NCc1cccnc1)[C@H](c1cccnc1)N(C)C2=O. The molecule has 0 saturated carbocycles. The van der Waals surface area contributed by atoms with Crippen molar-refractivity contribution in [1.82, 2.24) is 20.2 Å². The number of benzene rings is 1. The van der Waals surface area contributed by atoms with E-state index < -0.39 is 12.0 Å². The standard InChI is InChI=1S/C24H24N4O4/c1-28-22(16-7-5-9-26-14-16)21(23(29)27-13-15-6-4-8-25-12-15)17-10-19(31-2)20(32-3)11-18(17)24(28)30/h4-12,14,21-22H,13H2,1-3H3,(H,27,29)/t21-,22+/m1/s1. The molecule has 0 saturated heterocycles.